The first-order valence-corrected chi connectivity index (χ1v) is 10.7. The fourth-order valence-corrected chi connectivity index (χ4v) is 6.57. The highest BCUT2D eigenvalue weighted by molar-refractivity contribution is 5.99. The van der Waals surface area contributed by atoms with Gasteiger partial charge < -0.3 is 19.8 Å². The third-order valence-corrected chi connectivity index (χ3v) is 8.17. The van der Waals surface area contributed by atoms with Gasteiger partial charge in [-0.2, -0.15) is 0 Å². The Bertz CT molecular complexity index is 993. The summed E-state index contributed by atoms with van der Waals surface area (Å²) in [5, 5.41) is 24.2. The molecule has 4 atom stereocenters. The van der Waals surface area contributed by atoms with Gasteiger partial charge in [0.1, 0.15) is 0 Å². The predicted octanol–water partition coefficient (Wildman–Crippen LogP) is 3.76. The number of carboxylic acid groups (broad SMARTS) is 2. The first-order chi connectivity index (χ1) is 13.9. The molecule has 4 unspecified atom stereocenters. The van der Waals surface area contributed by atoms with E-state index < -0.39 is 11.9 Å². The average molecular weight is 405 g/mol. The van der Waals surface area contributed by atoms with Crippen molar-refractivity contribution >= 4 is 11.9 Å². The number of hydrogen-bond donors (Lipinski definition) is 0. The fraction of sp³-hybridized carbons (Fsp3) is 0.462. The number of carbonyl (C=O) groups is 2. The lowest BCUT2D eigenvalue weighted by atomic mass is 9.59. The van der Waals surface area contributed by atoms with Crippen LogP contribution in [-0.4, -0.2) is 11.9 Å². The second-order valence-electron chi connectivity index (χ2n) is 9.38. The summed E-state index contributed by atoms with van der Waals surface area (Å²) in [6.07, 6.45) is 0. The summed E-state index contributed by atoms with van der Waals surface area (Å²) in [6.45, 7) is 16.0. The van der Waals surface area contributed by atoms with E-state index in [4.69, 9.17) is 0 Å². The van der Waals surface area contributed by atoms with E-state index >= 15 is 0 Å². The molecular formula is C26H28O4-2. The normalized spacial score (nSPS) is 23.9. The molecule has 0 amide bonds. The van der Waals surface area contributed by atoms with Gasteiger partial charge in [-0.3, -0.25) is 0 Å². The smallest absolute Gasteiger partial charge is 0.0720 e. The summed E-state index contributed by atoms with van der Waals surface area (Å²) in [5.74, 6) is -1.99. The molecule has 0 saturated heterocycles. The lowest BCUT2D eigenvalue weighted by Crippen LogP contribution is -2.32. The van der Waals surface area contributed by atoms with Crippen LogP contribution in [-0.2, 0) is 0 Å². The highest BCUT2D eigenvalue weighted by atomic mass is 16.4. The lowest BCUT2D eigenvalue weighted by Gasteiger charge is -2.45. The van der Waals surface area contributed by atoms with Gasteiger partial charge in [0, 0.05) is 11.1 Å². The van der Waals surface area contributed by atoms with Crippen LogP contribution in [0.1, 0.15) is 117 Å². The highest BCUT2D eigenvalue weighted by Crippen LogP contribution is 2.60. The number of carbonyl (C=O) groups excluding carboxylic acids is 2. The van der Waals surface area contributed by atoms with Crippen LogP contribution in [0, 0.1) is 27.7 Å². The topological polar surface area (TPSA) is 80.3 Å². The second kappa shape index (κ2) is 6.44. The van der Waals surface area contributed by atoms with Crippen LogP contribution in [0.25, 0.3) is 11.1 Å². The Morgan fingerprint density at radius 2 is 0.733 bits per heavy atom. The van der Waals surface area contributed by atoms with Gasteiger partial charge in [0.2, 0.25) is 0 Å². The third-order valence-electron chi connectivity index (χ3n) is 8.17. The minimum absolute atomic E-state index is 0.0643. The van der Waals surface area contributed by atoms with E-state index in [2.05, 4.69) is 27.7 Å². The van der Waals surface area contributed by atoms with E-state index in [9.17, 15) is 19.8 Å². The molecule has 0 spiro atoms. The van der Waals surface area contributed by atoms with Crippen molar-refractivity contribution in [2.45, 2.75) is 79.1 Å². The number of rotatable bonds is 2. The number of carboxylic acids is 2. The zero-order chi connectivity index (χ0) is 22.4. The number of aromatic carboxylic acids is 2. The van der Waals surface area contributed by atoms with Crippen molar-refractivity contribution in [3.63, 3.8) is 0 Å². The molecule has 2 aromatic carbocycles. The Kier molecular flexibility index (Phi) is 4.43. The Balaban J connectivity index is 2.32. The van der Waals surface area contributed by atoms with Gasteiger partial charge in [0.05, 0.1) is 11.9 Å². The maximum Gasteiger partial charge on any atom is 0.0720 e. The second-order valence-corrected chi connectivity index (χ2v) is 9.38. The van der Waals surface area contributed by atoms with Crippen LogP contribution in [0.15, 0.2) is 0 Å². The van der Waals surface area contributed by atoms with Gasteiger partial charge in [-0.1, -0.05) is 27.7 Å². The Labute approximate surface area is 177 Å². The van der Waals surface area contributed by atoms with Gasteiger partial charge in [-0.05, 0) is 107 Å². The van der Waals surface area contributed by atoms with Crippen molar-refractivity contribution in [3.8, 4) is 11.1 Å². The van der Waals surface area contributed by atoms with Crippen LogP contribution in [0.3, 0.4) is 0 Å². The van der Waals surface area contributed by atoms with Crippen LogP contribution < -0.4 is 10.2 Å². The molecule has 0 aromatic heterocycles. The summed E-state index contributed by atoms with van der Waals surface area (Å²) in [5.41, 5.74) is 10.3. The Morgan fingerprint density at radius 1 is 0.533 bits per heavy atom. The molecule has 4 rings (SSSR count). The Hall–Kier alpha value is -2.62. The molecule has 30 heavy (non-hydrogen) atoms. The largest absolute Gasteiger partial charge is 0.545 e. The van der Waals surface area contributed by atoms with E-state index in [1.807, 2.05) is 27.7 Å². The molecule has 2 aliphatic rings. The minimum atomic E-state index is -1.12. The van der Waals surface area contributed by atoms with Gasteiger partial charge in [-0.25, -0.2) is 0 Å². The predicted molar refractivity (Wildman–Crippen MR) is 113 cm³/mol. The zero-order valence-corrected chi connectivity index (χ0v) is 18.9. The number of hydrogen-bond acceptors (Lipinski definition) is 4. The molecule has 2 aromatic rings. The van der Waals surface area contributed by atoms with E-state index in [0.717, 1.165) is 55.6 Å². The molecule has 0 aliphatic heterocycles. The molecule has 0 fully saturated rings. The monoisotopic (exact) mass is 404 g/mol. The SMILES string of the molecule is Cc1c(C(=O)[O-])c(C)c2c3c1C(C)C(C)c1c(C)c(C(=O)[O-])c(C)c(c1-3)C(C)C2C. The summed E-state index contributed by atoms with van der Waals surface area (Å²) in [4.78, 5) is 24.2. The molecule has 4 heteroatoms. The third kappa shape index (κ3) is 2.28. The molecule has 2 aliphatic carbocycles. The van der Waals surface area contributed by atoms with Crippen LogP contribution >= 0.6 is 0 Å². The van der Waals surface area contributed by atoms with Crippen LogP contribution in [0.5, 0.6) is 0 Å². The van der Waals surface area contributed by atoms with Crippen molar-refractivity contribution in [2.24, 2.45) is 0 Å². The van der Waals surface area contributed by atoms with E-state index in [0.29, 0.717) is 11.1 Å². The quantitative estimate of drug-likeness (QED) is 0.763. The molecule has 158 valence electrons. The molecule has 4 nitrogen and oxygen atoms in total. The fourth-order valence-electron chi connectivity index (χ4n) is 6.57. The van der Waals surface area contributed by atoms with Crippen molar-refractivity contribution in [1.29, 1.82) is 0 Å². The first-order valence-electron chi connectivity index (χ1n) is 10.7. The van der Waals surface area contributed by atoms with Crippen molar-refractivity contribution in [1.82, 2.24) is 0 Å². The Morgan fingerprint density at radius 3 is 0.900 bits per heavy atom. The van der Waals surface area contributed by atoms with Crippen molar-refractivity contribution in [2.75, 3.05) is 0 Å². The summed E-state index contributed by atoms with van der Waals surface area (Å²) < 4.78 is 0. The molecule has 0 saturated carbocycles. The maximum atomic E-state index is 12.1. The summed E-state index contributed by atoms with van der Waals surface area (Å²) >= 11 is 0. The summed E-state index contributed by atoms with van der Waals surface area (Å²) in [6, 6.07) is 0. The van der Waals surface area contributed by atoms with E-state index in [-0.39, 0.29) is 23.7 Å². The summed E-state index contributed by atoms with van der Waals surface area (Å²) in [7, 11) is 0. The van der Waals surface area contributed by atoms with Gasteiger partial charge in [0.15, 0.2) is 0 Å². The lowest BCUT2D eigenvalue weighted by molar-refractivity contribution is -0.256. The minimum Gasteiger partial charge on any atom is -0.545 e. The van der Waals surface area contributed by atoms with Crippen LogP contribution in [0.4, 0.5) is 0 Å². The van der Waals surface area contributed by atoms with E-state index in [1.54, 1.807) is 0 Å². The van der Waals surface area contributed by atoms with Crippen molar-refractivity contribution < 1.29 is 19.8 Å². The maximum absolute atomic E-state index is 12.1. The highest BCUT2D eigenvalue weighted by Gasteiger charge is 2.42. The van der Waals surface area contributed by atoms with Gasteiger partial charge in [-0.15, -0.1) is 0 Å². The molecule has 0 heterocycles. The van der Waals surface area contributed by atoms with Gasteiger partial charge >= 0.3 is 0 Å². The molecule has 0 bridgehead atoms. The molecular weight excluding hydrogens is 376 g/mol. The van der Waals surface area contributed by atoms with E-state index in [1.165, 1.54) is 0 Å². The van der Waals surface area contributed by atoms with Crippen LogP contribution in [0.2, 0.25) is 0 Å². The number of benzene rings is 2. The zero-order valence-electron chi connectivity index (χ0n) is 18.9. The first kappa shape index (κ1) is 20.6. The van der Waals surface area contributed by atoms with Crippen molar-refractivity contribution in [3.05, 3.63) is 55.6 Å². The average Bonchev–Trinajstić information content (AvgIpc) is 2.63. The molecule has 0 N–H and O–H groups in total. The van der Waals surface area contributed by atoms with Gasteiger partial charge in [0.25, 0.3) is 0 Å². The standard InChI is InChI=1S/C26H30O4/c1-9-10(2)18-14(6)22(26(29)30)16(8)20-12(4)11(3)19-15(7)21(25(27)28)13(5)17(9)23(19)24(18)20/h9-12H,1-8H3,(H,27,28)(H,29,30)/p-2. The molecule has 0 radical (unpaired) electrons.